The molecule has 1 amide bonds. The summed E-state index contributed by atoms with van der Waals surface area (Å²) in [5, 5.41) is 3.44. The van der Waals surface area contributed by atoms with Gasteiger partial charge in [0, 0.05) is 18.2 Å². The van der Waals surface area contributed by atoms with Gasteiger partial charge in [0.05, 0.1) is 0 Å². The first-order chi connectivity index (χ1) is 5.59. The van der Waals surface area contributed by atoms with Crippen molar-refractivity contribution in [2.45, 2.75) is 44.4 Å². The van der Waals surface area contributed by atoms with Crippen LogP contribution in [0.25, 0.3) is 0 Å². The zero-order chi connectivity index (χ0) is 9.14. The van der Waals surface area contributed by atoms with E-state index in [9.17, 15) is 4.79 Å². The first-order valence-corrected chi connectivity index (χ1v) is 5.06. The highest BCUT2D eigenvalue weighted by Crippen LogP contribution is 2.27. The highest BCUT2D eigenvalue weighted by atomic mass is 32.1. The lowest BCUT2D eigenvalue weighted by Gasteiger charge is -2.32. The minimum atomic E-state index is 0.0780. The molecule has 3 heteroatoms. The molecule has 0 spiro atoms. The van der Waals surface area contributed by atoms with Gasteiger partial charge in [-0.15, -0.1) is 0 Å². The van der Waals surface area contributed by atoms with Crippen LogP contribution in [-0.2, 0) is 4.79 Å². The summed E-state index contributed by atoms with van der Waals surface area (Å²) in [5.41, 5.74) is 0. The van der Waals surface area contributed by atoms with Gasteiger partial charge < -0.3 is 5.32 Å². The summed E-state index contributed by atoms with van der Waals surface area (Å²) in [6, 6.07) is 0.346. The van der Waals surface area contributed by atoms with Gasteiger partial charge in [-0.05, 0) is 25.2 Å². The van der Waals surface area contributed by atoms with Crippen LogP contribution in [0.2, 0.25) is 0 Å². The van der Waals surface area contributed by atoms with Gasteiger partial charge in [0.25, 0.3) is 0 Å². The van der Waals surface area contributed by atoms with Crippen molar-refractivity contribution in [3.05, 3.63) is 0 Å². The molecule has 3 atom stereocenters. The lowest BCUT2D eigenvalue weighted by Crippen LogP contribution is -2.42. The number of carbonyl (C=O) groups is 1. The molecule has 1 aliphatic rings. The zero-order valence-electron chi connectivity index (χ0n) is 7.71. The Bertz CT molecular complexity index is 172. The minimum absolute atomic E-state index is 0.0780. The van der Waals surface area contributed by atoms with Crippen molar-refractivity contribution in [3.8, 4) is 0 Å². The Morgan fingerprint density at radius 3 is 2.75 bits per heavy atom. The Labute approximate surface area is 79.5 Å². The summed E-state index contributed by atoms with van der Waals surface area (Å²) in [5.74, 6) is 0.687. The van der Waals surface area contributed by atoms with Crippen LogP contribution < -0.4 is 5.32 Å². The highest BCUT2D eigenvalue weighted by molar-refractivity contribution is 7.80. The van der Waals surface area contributed by atoms with E-state index in [1.807, 2.05) is 0 Å². The second-order valence-electron chi connectivity index (χ2n) is 3.75. The van der Waals surface area contributed by atoms with Crippen LogP contribution in [0.1, 0.15) is 33.1 Å². The van der Waals surface area contributed by atoms with Gasteiger partial charge in [-0.25, -0.2) is 0 Å². The Balaban J connectivity index is 2.43. The van der Waals surface area contributed by atoms with E-state index < -0.39 is 0 Å². The summed E-state index contributed by atoms with van der Waals surface area (Å²) in [6.45, 7) is 3.77. The summed E-state index contributed by atoms with van der Waals surface area (Å²) in [4.78, 5) is 10.8. The lowest BCUT2D eigenvalue weighted by molar-refractivity contribution is -0.120. The molecule has 12 heavy (non-hydrogen) atoms. The van der Waals surface area contributed by atoms with E-state index in [2.05, 4.69) is 24.9 Å². The van der Waals surface area contributed by atoms with E-state index in [1.165, 1.54) is 12.8 Å². The van der Waals surface area contributed by atoms with Crippen LogP contribution >= 0.6 is 12.6 Å². The van der Waals surface area contributed by atoms with Crippen LogP contribution in [-0.4, -0.2) is 17.2 Å². The maximum Gasteiger partial charge on any atom is 0.217 e. The molecule has 0 aliphatic heterocycles. The Morgan fingerprint density at radius 1 is 1.50 bits per heavy atom. The largest absolute Gasteiger partial charge is 0.353 e. The predicted octanol–water partition coefficient (Wildman–Crippen LogP) is 1.61. The molecule has 1 N–H and O–H groups in total. The number of carbonyl (C=O) groups excluding carboxylic acids is 1. The molecule has 1 aliphatic carbocycles. The topological polar surface area (TPSA) is 29.1 Å². The Morgan fingerprint density at radius 2 is 2.17 bits per heavy atom. The van der Waals surface area contributed by atoms with Crippen LogP contribution in [0, 0.1) is 5.92 Å². The van der Waals surface area contributed by atoms with E-state index in [1.54, 1.807) is 6.92 Å². The first kappa shape index (κ1) is 9.90. The second kappa shape index (κ2) is 4.17. The SMILES string of the molecule is CC(=O)NC1CC(S)CCC1C. The van der Waals surface area contributed by atoms with Crippen LogP contribution in [0.15, 0.2) is 0 Å². The lowest BCUT2D eigenvalue weighted by atomic mass is 9.85. The molecule has 0 aromatic rings. The molecule has 2 nitrogen and oxygen atoms in total. The third-order valence-corrected chi connectivity index (χ3v) is 3.03. The number of rotatable bonds is 1. The van der Waals surface area contributed by atoms with E-state index in [0.29, 0.717) is 17.2 Å². The first-order valence-electron chi connectivity index (χ1n) is 4.54. The third kappa shape index (κ3) is 2.70. The van der Waals surface area contributed by atoms with Crippen LogP contribution in [0.3, 0.4) is 0 Å². The number of thiol groups is 1. The van der Waals surface area contributed by atoms with Gasteiger partial charge in [-0.3, -0.25) is 4.79 Å². The van der Waals surface area contributed by atoms with Crippen LogP contribution in [0.5, 0.6) is 0 Å². The van der Waals surface area contributed by atoms with Crippen molar-refractivity contribution in [1.29, 1.82) is 0 Å². The second-order valence-corrected chi connectivity index (χ2v) is 4.48. The molecule has 1 rings (SSSR count). The monoisotopic (exact) mass is 187 g/mol. The number of hydrogen-bond acceptors (Lipinski definition) is 2. The van der Waals surface area contributed by atoms with Gasteiger partial charge in [0.2, 0.25) is 5.91 Å². The number of amides is 1. The molecular formula is C9H17NOS. The number of hydrogen-bond donors (Lipinski definition) is 2. The maximum absolute atomic E-state index is 10.8. The molecule has 0 heterocycles. The standard InChI is InChI=1S/C9H17NOS/c1-6-3-4-8(12)5-9(6)10-7(2)11/h6,8-9,12H,3-5H2,1-2H3,(H,10,11). The van der Waals surface area contributed by atoms with E-state index in [4.69, 9.17) is 0 Å². The summed E-state index contributed by atoms with van der Waals surface area (Å²) in [7, 11) is 0. The van der Waals surface area contributed by atoms with E-state index in [0.717, 1.165) is 6.42 Å². The quantitative estimate of drug-likeness (QED) is 0.600. The van der Waals surface area contributed by atoms with Gasteiger partial charge in [0.15, 0.2) is 0 Å². The average molecular weight is 187 g/mol. The predicted molar refractivity (Wildman–Crippen MR) is 53.4 cm³/mol. The van der Waals surface area contributed by atoms with Gasteiger partial charge in [0.1, 0.15) is 0 Å². The fourth-order valence-corrected chi connectivity index (χ4v) is 2.14. The normalized spacial score (nSPS) is 36.1. The summed E-state index contributed by atoms with van der Waals surface area (Å²) in [6.07, 6.45) is 3.38. The van der Waals surface area contributed by atoms with E-state index in [-0.39, 0.29) is 5.91 Å². The van der Waals surface area contributed by atoms with Gasteiger partial charge >= 0.3 is 0 Å². The molecule has 0 saturated heterocycles. The van der Waals surface area contributed by atoms with Crippen molar-refractivity contribution in [2.24, 2.45) is 5.92 Å². The molecule has 0 aromatic heterocycles. The molecule has 0 aromatic carbocycles. The molecule has 70 valence electrons. The molecular weight excluding hydrogens is 170 g/mol. The van der Waals surface area contributed by atoms with Crippen molar-refractivity contribution in [2.75, 3.05) is 0 Å². The smallest absolute Gasteiger partial charge is 0.217 e. The molecule has 1 fully saturated rings. The molecule has 3 unspecified atom stereocenters. The third-order valence-electron chi connectivity index (χ3n) is 2.56. The zero-order valence-corrected chi connectivity index (χ0v) is 8.60. The van der Waals surface area contributed by atoms with Crippen molar-refractivity contribution in [1.82, 2.24) is 5.32 Å². The fourth-order valence-electron chi connectivity index (χ4n) is 1.76. The van der Waals surface area contributed by atoms with Crippen molar-refractivity contribution >= 4 is 18.5 Å². The van der Waals surface area contributed by atoms with Gasteiger partial charge in [-0.1, -0.05) is 6.92 Å². The van der Waals surface area contributed by atoms with Crippen molar-refractivity contribution in [3.63, 3.8) is 0 Å². The number of nitrogens with one attached hydrogen (secondary N) is 1. The fraction of sp³-hybridized carbons (Fsp3) is 0.889. The van der Waals surface area contributed by atoms with Crippen LogP contribution in [0.4, 0.5) is 0 Å². The van der Waals surface area contributed by atoms with E-state index >= 15 is 0 Å². The Kier molecular flexibility index (Phi) is 3.44. The average Bonchev–Trinajstić information content (AvgIpc) is 1.96. The summed E-state index contributed by atoms with van der Waals surface area (Å²) >= 11 is 4.43. The molecule has 1 saturated carbocycles. The van der Waals surface area contributed by atoms with Crippen molar-refractivity contribution < 1.29 is 4.79 Å². The maximum atomic E-state index is 10.8. The van der Waals surface area contributed by atoms with Gasteiger partial charge in [-0.2, -0.15) is 12.6 Å². The highest BCUT2D eigenvalue weighted by Gasteiger charge is 2.26. The Hall–Kier alpha value is -0.180. The molecule has 0 radical (unpaired) electrons. The summed E-state index contributed by atoms with van der Waals surface area (Å²) < 4.78 is 0. The minimum Gasteiger partial charge on any atom is -0.353 e. The molecule has 0 bridgehead atoms.